The molecule has 3 nitrogen and oxygen atoms in total. The molecule has 2 aliphatic heterocycles. The number of halogens is 1. The molecule has 2 aromatic carbocycles. The number of aliphatic hydroxyl groups excluding tert-OH is 1. The van der Waals surface area contributed by atoms with Crippen LogP contribution in [0.2, 0.25) is 0 Å². The van der Waals surface area contributed by atoms with Crippen molar-refractivity contribution in [2.75, 3.05) is 19.6 Å². The fraction of sp³-hybridized carbons (Fsp3) is 0.333. The van der Waals surface area contributed by atoms with Crippen LogP contribution in [0.15, 0.2) is 54.6 Å². The van der Waals surface area contributed by atoms with Gasteiger partial charge >= 0.3 is 0 Å². The van der Waals surface area contributed by atoms with Gasteiger partial charge < -0.3 is 14.7 Å². The fourth-order valence-electron chi connectivity index (χ4n) is 3.62. The topological polar surface area (TPSA) is 32.7 Å². The second-order valence-electron chi connectivity index (χ2n) is 6.91. The molecule has 1 fully saturated rings. The van der Waals surface area contributed by atoms with Crippen molar-refractivity contribution in [1.29, 1.82) is 0 Å². The summed E-state index contributed by atoms with van der Waals surface area (Å²) >= 11 is 0. The normalized spacial score (nSPS) is 20.1. The van der Waals surface area contributed by atoms with Gasteiger partial charge in [0.25, 0.3) is 0 Å². The minimum absolute atomic E-state index is 0.230. The van der Waals surface area contributed by atoms with E-state index in [1.807, 2.05) is 18.2 Å². The first-order valence-electron chi connectivity index (χ1n) is 8.77. The number of β-amino-alcohol motifs (C(OH)–C–C–N with tert-alkyl or cyclic N) is 1. The summed E-state index contributed by atoms with van der Waals surface area (Å²) in [5, 5.41) is 10.4. The Labute approximate surface area is 147 Å². The number of benzene rings is 2. The second-order valence-corrected chi connectivity index (χ2v) is 6.91. The van der Waals surface area contributed by atoms with Gasteiger partial charge in [0, 0.05) is 38.0 Å². The summed E-state index contributed by atoms with van der Waals surface area (Å²) in [7, 11) is 0. The summed E-state index contributed by atoms with van der Waals surface area (Å²) in [6.07, 6.45) is 5.53. The number of hydrogen-bond acceptors (Lipinski definition) is 3. The van der Waals surface area contributed by atoms with Crippen LogP contribution < -0.4 is 4.74 Å². The maximum atomic E-state index is 13.0. The average molecular weight is 339 g/mol. The molecule has 130 valence electrons. The highest BCUT2D eigenvalue weighted by Gasteiger charge is 2.36. The van der Waals surface area contributed by atoms with E-state index in [0.29, 0.717) is 6.54 Å². The third-order valence-corrected chi connectivity index (χ3v) is 5.19. The third kappa shape index (κ3) is 3.46. The van der Waals surface area contributed by atoms with Gasteiger partial charge in [0.1, 0.15) is 17.2 Å². The van der Waals surface area contributed by atoms with E-state index in [4.69, 9.17) is 4.74 Å². The lowest BCUT2D eigenvalue weighted by Crippen LogP contribution is -2.48. The lowest BCUT2D eigenvalue weighted by Gasteiger charge is -2.42. The number of fused-ring (bicyclic) bond motifs is 1. The van der Waals surface area contributed by atoms with Gasteiger partial charge in [-0.3, -0.25) is 0 Å². The smallest absolute Gasteiger partial charge is 0.130 e. The first kappa shape index (κ1) is 16.3. The summed E-state index contributed by atoms with van der Waals surface area (Å²) in [6.45, 7) is 2.29. The van der Waals surface area contributed by atoms with Crippen molar-refractivity contribution in [2.45, 2.75) is 24.5 Å². The van der Waals surface area contributed by atoms with Crippen LogP contribution >= 0.6 is 0 Å². The van der Waals surface area contributed by atoms with E-state index < -0.39 is 6.10 Å². The lowest BCUT2D eigenvalue weighted by molar-refractivity contribution is 0.0201. The SMILES string of the molecule is O[C@@H](CN1CCC2(C=Cc3ccccc3O2)CC1)c1ccc(F)cc1. The van der Waals surface area contributed by atoms with E-state index in [1.54, 1.807) is 12.1 Å². The Balaban J connectivity index is 1.37. The van der Waals surface area contributed by atoms with Crippen LogP contribution in [-0.2, 0) is 0 Å². The Kier molecular flexibility index (Phi) is 4.32. The Morgan fingerprint density at radius 2 is 1.80 bits per heavy atom. The Bertz CT molecular complexity index is 764. The molecule has 0 bridgehead atoms. The number of rotatable bonds is 3. The number of para-hydroxylation sites is 1. The predicted molar refractivity (Wildman–Crippen MR) is 95.9 cm³/mol. The molecule has 4 rings (SSSR count). The van der Waals surface area contributed by atoms with Crippen molar-refractivity contribution in [1.82, 2.24) is 4.90 Å². The third-order valence-electron chi connectivity index (χ3n) is 5.19. The summed E-state index contributed by atoms with van der Waals surface area (Å²) < 4.78 is 19.3. The molecule has 2 heterocycles. The molecule has 0 saturated carbocycles. The lowest BCUT2D eigenvalue weighted by atomic mass is 9.88. The monoisotopic (exact) mass is 339 g/mol. The molecule has 2 aliphatic rings. The first-order valence-corrected chi connectivity index (χ1v) is 8.77. The molecular formula is C21H22FNO2. The molecule has 0 aliphatic carbocycles. The molecule has 1 N–H and O–H groups in total. The van der Waals surface area contributed by atoms with Crippen molar-refractivity contribution in [3.8, 4) is 5.75 Å². The van der Waals surface area contributed by atoms with E-state index in [1.165, 1.54) is 12.1 Å². The number of aliphatic hydroxyl groups is 1. The molecule has 2 aromatic rings. The number of nitrogens with zero attached hydrogens (tertiary/aromatic N) is 1. The molecule has 0 unspecified atom stereocenters. The van der Waals surface area contributed by atoms with Gasteiger partial charge in [-0.25, -0.2) is 4.39 Å². The molecule has 1 atom stereocenters. The van der Waals surface area contributed by atoms with Gasteiger partial charge in [-0.2, -0.15) is 0 Å². The van der Waals surface area contributed by atoms with Crippen LogP contribution in [0.3, 0.4) is 0 Å². The zero-order valence-electron chi connectivity index (χ0n) is 14.1. The van der Waals surface area contributed by atoms with E-state index in [9.17, 15) is 9.50 Å². The standard InChI is InChI=1S/C21H22FNO2/c22-18-7-5-16(6-8-18)19(24)15-23-13-11-21(12-14-23)10-9-17-3-1-2-4-20(17)25-21/h1-10,19,24H,11-15H2/t19-/m0/s1. The molecular weight excluding hydrogens is 317 g/mol. The fourth-order valence-corrected chi connectivity index (χ4v) is 3.62. The highest BCUT2D eigenvalue weighted by atomic mass is 19.1. The predicted octanol–water partition coefficient (Wildman–Crippen LogP) is 3.80. The molecule has 4 heteroatoms. The number of piperidine rings is 1. The van der Waals surface area contributed by atoms with Crippen molar-refractivity contribution >= 4 is 6.08 Å². The second kappa shape index (κ2) is 6.62. The maximum Gasteiger partial charge on any atom is 0.130 e. The molecule has 0 radical (unpaired) electrons. The van der Waals surface area contributed by atoms with Gasteiger partial charge in [-0.1, -0.05) is 36.4 Å². The van der Waals surface area contributed by atoms with Crippen molar-refractivity contribution < 1.29 is 14.2 Å². The van der Waals surface area contributed by atoms with Gasteiger partial charge in [0.2, 0.25) is 0 Å². The van der Waals surface area contributed by atoms with Crippen molar-refractivity contribution in [2.24, 2.45) is 0 Å². The molecule has 0 amide bonds. The summed E-state index contributed by atoms with van der Waals surface area (Å²) in [4.78, 5) is 2.25. The summed E-state index contributed by atoms with van der Waals surface area (Å²) in [5.74, 6) is 0.669. The summed E-state index contributed by atoms with van der Waals surface area (Å²) in [5.41, 5.74) is 1.65. The number of ether oxygens (including phenoxy) is 1. The highest BCUT2D eigenvalue weighted by molar-refractivity contribution is 5.60. The zero-order chi connectivity index (χ0) is 17.3. The summed E-state index contributed by atoms with van der Waals surface area (Å²) in [6, 6.07) is 14.2. The average Bonchev–Trinajstić information content (AvgIpc) is 2.64. The van der Waals surface area contributed by atoms with Crippen LogP contribution in [-0.4, -0.2) is 35.2 Å². The molecule has 1 saturated heterocycles. The van der Waals surface area contributed by atoms with Crippen LogP contribution in [0, 0.1) is 5.82 Å². The number of likely N-dealkylation sites (tertiary alicyclic amines) is 1. The van der Waals surface area contributed by atoms with Gasteiger partial charge in [-0.15, -0.1) is 0 Å². The van der Waals surface area contributed by atoms with Crippen molar-refractivity contribution in [3.63, 3.8) is 0 Å². The quantitative estimate of drug-likeness (QED) is 0.923. The Morgan fingerprint density at radius 3 is 2.56 bits per heavy atom. The van der Waals surface area contributed by atoms with E-state index in [-0.39, 0.29) is 11.4 Å². The molecule has 1 spiro atoms. The van der Waals surface area contributed by atoms with Crippen LogP contribution in [0.1, 0.15) is 30.1 Å². The molecule has 25 heavy (non-hydrogen) atoms. The highest BCUT2D eigenvalue weighted by Crippen LogP contribution is 2.37. The Morgan fingerprint density at radius 1 is 1.08 bits per heavy atom. The van der Waals surface area contributed by atoms with Crippen LogP contribution in [0.25, 0.3) is 6.08 Å². The van der Waals surface area contributed by atoms with E-state index >= 15 is 0 Å². The van der Waals surface area contributed by atoms with Gasteiger partial charge in [0.05, 0.1) is 6.10 Å². The van der Waals surface area contributed by atoms with E-state index in [2.05, 4.69) is 23.1 Å². The largest absolute Gasteiger partial charge is 0.482 e. The van der Waals surface area contributed by atoms with E-state index in [0.717, 1.165) is 42.8 Å². The minimum atomic E-state index is -0.599. The van der Waals surface area contributed by atoms with Gasteiger partial charge in [0.15, 0.2) is 0 Å². The van der Waals surface area contributed by atoms with Crippen LogP contribution in [0.4, 0.5) is 4.39 Å². The Hall–Kier alpha value is -2.17. The van der Waals surface area contributed by atoms with Gasteiger partial charge in [-0.05, 0) is 29.8 Å². The van der Waals surface area contributed by atoms with Crippen LogP contribution in [0.5, 0.6) is 5.75 Å². The number of hydrogen-bond donors (Lipinski definition) is 1. The molecule has 0 aromatic heterocycles. The minimum Gasteiger partial charge on any atom is -0.482 e. The van der Waals surface area contributed by atoms with Crippen molar-refractivity contribution in [3.05, 3.63) is 71.6 Å². The first-order chi connectivity index (χ1) is 12.1. The maximum absolute atomic E-state index is 13.0. The zero-order valence-corrected chi connectivity index (χ0v) is 14.1.